The van der Waals surface area contributed by atoms with E-state index in [4.69, 9.17) is 10.5 Å². The Labute approximate surface area is 121 Å². The van der Waals surface area contributed by atoms with E-state index in [1.54, 1.807) is 0 Å². The number of rotatable bonds is 6. The van der Waals surface area contributed by atoms with Gasteiger partial charge in [0.05, 0.1) is 11.8 Å². The van der Waals surface area contributed by atoms with Crippen molar-refractivity contribution in [3.63, 3.8) is 0 Å². The highest BCUT2D eigenvalue weighted by atomic mass is 16.5. The van der Waals surface area contributed by atoms with Crippen molar-refractivity contribution >= 4 is 11.5 Å². The first kappa shape index (κ1) is 14.9. The quantitative estimate of drug-likeness (QED) is 0.836. The van der Waals surface area contributed by atoms with Crippen LogP contribution in [0.2, 0.25) is 0 Å². The highest BCUT2D eigenvalue weighted by molar-refractivity contribution is 5.53. The Morgan fingerprint density at radius 1 is 1.40 bits per heavy atom. The number of nitrogens with zero attached hydrogens (tertiary/aromatic N) is 2. The number of ether oxygens (including phenoxy) is 1. The van der Waals surface area contributed by atoms with Gasteiger partial charge < -0.3 is 20.7 Å². The SMILES string of the molecule is CC(C)Oc1nc(NCC2(N(C)C)CCC2)ccc1N. The molecule has 0 amide bonds. The molecule has 0 bridgehead atoms. The Bertz CT molecular complexity index is 455. The number of hydrogen-bond acceptors (Lipinski definition) is 5. The average Bonchev–Trinajstić information content (AvgIpc) is 2.30. The molecule has 2 rings (SSSR count). The Hall–Kier alpha value is -1.49. The van der Waals surface area contributed by atoms with Crippen LogP contribution in [0.25, 0.3) is 0 Å². The van der Waals surface area contributed by atoms with E-state index in [0.717, 1.165) is 12.4 Å². The van der Waals surface area contributed by atoms with E-state index in [9.17, 15) is 0 Å². The van der Waals surface area contributed by atoms with Gasteiger partial charge in [-0.25, -0.2) is 0 Å². The van der Waals surface area contributed by atoms with E-state index in [2.05, 4.69) is 29.3 Å². The fourth-order valence-corrected chi connectivity index (χ4v) is 2.49. The molecule has 1 aliphatic carbocycles. The maximum absolute atomic E-state index is 5.88. The van der Waals surface area contributed by atoms with Gasteiger partial charge in [0.2, 0.25) is 5.88 Å². The summed E-state index contributed by atoms with van der Waals surface area (Å²) < 4.78 is 5.62. The van der Waals surface area contributed by atoms with Crippen molar-refractivity contribution in [3.05, 3.63) is 12.1 Å². The number of hydrogen-bond donors (Lipinski definition) is 2. The summed E-state index contributed by atoms with van der Waals surface area (Å²) in [7, 11) is 4.29. The molecule has 20 heavy (non-hydrogen) atoms. The molecule has 0 saturated heterocycles. The van der Waals surface area contributed by atoms with Crippen LogP contribution in [-0.2, 0) is 0 Å². The predicted molar refractivity (Wildman–Crippen MR) is 83.2 cm³/mol. The number of pyridine rings is 1. The van der Waals surface area contributed by atoms with Crippen LogP contribution in [0, 0.1) is 0 Å². The summed E-state index contributed by atoms with van der Waals surface area (Å²) in [5.41, 5.74) is 6.73. The Balaban J connectivity index is 2.03. The first-order valence-electron chi connectivity index (χ1n) is 7.27. The summed E-state index contributed by atoms with van der Waals surface area (Å²) in [5, 5.41) is 3.42. The van der Waals surface area contributed by atoms with Crippen molar-refractivity contribution in [1.82, 2.24) is 9.88 Å². The molecule has 0 unspecified atom stereocenters. The molecular formula is C15H26N4O. The Kier molecular flexibility index (Phi) is 4.38. The van der Waals surface area contributed by atoms with Gasteiger partial charge in [-0.3, -0.25) is 0 Å². The molecule has 112 valence electrons. The molecule has 5 heteroatoms. The van der Waals surface area contributed by atoms with E-state index >= 15 is 0 Å². The molecule has 1 heterocycles. The number of anilines is 2. The summed E-state index contributed by atoms with van der Waals surface area (Å²) in [6.45, 7) is 4.84. The summed E-state index contributed by atoms with van der Waals surface area (Å²) in [4.78, 5) is 6.77. The van der Waals surface area contributed by atoms with Crippen molar-refractivity contribution < 1.29 is 4.74 Å². The van der Waals surface area contributed by atoms with E-state index in [1.165, 1.54) is 19.3 Å². The van der Waals surface area contributed by atoms with E-state index < -0.39 is 0 Å². The number of likely N-dealkylation sites (N-methyl/N-ethyl adjacent to an activating group) is 1. The summed E-state index contributed by atoms with van der Waals surface area (Å²) in [6, 6.07) is 3.75. The third-order valence-corrected chi connectivity index (χ3v) is 4.07. The molecule has 0 aliphatic heterocycles. The fourth-order valence-electron chi connectivity index (χ4n) is 2.49. The largest absolute Gasteiger partial charge is 0.473 e. The lowest BCUT2D eigenvalue weighted by Crippen LogP contribution is -2.54. The van der Waals surface area contributed by atoms with Crippen molar-refractivity contribution in [3.8, 4) is 5.88 Å². The molecule has 3 N–H and O–H groups in total. The normalized spacial score (nSPS) is 17.1. The maximum atomic E-state index is 5.88. The van der Waals surface area contributed by atoms with Crippen LogP contribution in [-0.4, -0.2) is 42.2 Å². The maximum Gasteiger partial charge on any atom is 0.239 e. The van der Waals surface area contributed by atoms with Crippen molar-refractivity contribution in [1.29, 1.82) is 0 Å². The summed E-state index contributed by atoms with van der Waals surface area (Å²) in [5.74, 6) is 1.33. The van der Waals surface area contributed by atoms with Gasteiger partial charge in [-0.05, 0) is 59.3 Å². The minimum atomic E-state index is 0.0693. The summed E-state index contributed by atoms with van der Waals surface area (Å²) >= 11 is 0. The molecule has 1 aromatic rings. The van der Waals surface area contributed by atoms with Crippen LogP contribution < -0.4 is 15.8 Å². The zero-order valence-electron chi connectivity index (χ0n) is 12.9. The number of aromatic nitrogens is 1. The van der Waals surface area contributed by atoms with Crippen LogP contribution in [0.5, 0.6) is 5.88 Å². The minimum absolute atomic E-state index is 0.0693. The fraction of sp³-hybridized carbons (Fsp3) is 0.667. The lowest BCUT2D eigenvalue weighted by Gasteiger charge is -2.47. The molecule has 0 radical (unpaired) electrons. The zero-order chi connectivity index (χ0) is 14.8. The van der Waals surface area contributed by atoms with Gasteiger partial charge in [-0.1, -0.05) is 0 Å². The topological polar surface area (TPSA) is 63.4 Å². The van der Waals surface area contributed by atoms with Gasteiger partial charge in [0, 0.05) is 12.1 Å². The Morgan fingerprint density at radius 2 is 2.10 bits per heavy atom. The van der Waals surface area contributed by atoms with Crippen molar-refractivity contribution in [2.75, 3.05) is 31.7 Å². The lowest BCUT2D eigenvalue weighted by atomic mass is 9.75. The standard InChI is InChI=1S/C15H26N4O/c1-11(2)20-14-12(16)6-7-13(18-14)17-10-15(19(3)4)8-5-9-15/h6-7,11H,5,8-10,16H2,1-4H3,(H,17,18). The van der Waals surface area contributed by atoms with Crippen LogP contribution in [0.4, 0.5) is 11.5 Å². The predicted octanol–water partition coefficient (Wildman–Crippen LogP) is 2.35. The molecule has 1 fully saturated rings. The first-order chi connectivity index (χ1) is 9.43. The number of nitrogens with two attached hydrogens (primary N) is 1. The van der Waals surface area contributed by atoms with Gasteiger partial charge in [0.15, 0.2) is 0 Å². The second-order valence-corrected chi connectivity index (χ2v) is 6.08. The molecule has 5 nitrogen and oxygen atoms in total. The zero-order valence-corrected chi connectivity index (χ0v) is 12.9. The smallest absolute Gasteiger partial charge is 0.239 e. The second kappa shape index (κ2) is 5.87. The monoisotopic (exact) mass is 278 g/mol. The van der Waals surface area contributed by atoms with E-state index in [1.807, 2.05) is 26.0 Å². The highest BCUT2D eigenvalue weighted by Gasteiger charge is 2.38. The third-order valence-electron chi connectivity index (χ3n) is 4.07. The van der Waals surface area contributed by atoms with Gasteiger partial charge in [-0.2, -0.15) is 4.98 Å². The summed E-state index contributed by atoms with van der Waals surface area (Å²) in [6.07, 6.45) is 3.84. The average molecular weight is 278 g/mol. The van der Waals surface area contributed by atoms with E-state index in [-0.39, 0.29) is 11.6 Å². The van der Waals surface area contributed by atoms with Crippen LogP contribution in [0.3, 0.4) is 0 Å². The van der Waals surface area contributed by atoms with Gasteiger partial charge in [-0.15, -0.1) is 0 Å². The van der Waals surface area contributed by atoms with Gasteiger partial charge >= 0.3 is 0 Å². The second-order valence-electron chi connectivity index (χ2n) is 6.08. The van der Waals surface area contributed by atoms with Crippen molar-refractivity contribution in [2.45, 2.75) is 44.8 Å². The number of nitrogen functional groups attached to an aromatic ring is 1. The highest BCUT2D eigenvalue weighted by Crippen LogP contribution is 2.36. The lowest BCUT2D eigenvalue weighted by molar-refractivity contribution is 0.0738. The van der Waals surface area contributed by atoms with Crippen LogP contribution >= 0.6 is 0 Å². The molecule has 1 aliphatic rings. The molecular weight excluding hydrogens is 252 g/mol. The molecule has 0 atom stereocenters. The first-order valence-corrected chi connectivity index (χ1v) is 7.27. The van der Waals surface area contributed by atoms with Crippen molar-refractivity contribution in [2.24, 2.45) is 0 Å². The minimum Gasteiger partial charge on any atom is -0.473 e. The van der Waals surface area contributed by atoms with Gasteiger partial charge in [0.1, 0.15) is 5.82 Å². The number of nitrogens with one attached hydrogen (secondary N) is 1. The molecule has 0 spiro atoms. The van der Waals surface area contributed by atoms with Crippen LogP contribution in [0.15, 0.2) is 12.1 Å². The third kappa shape index (κ3) is 3.15. The molecule has 1 aromatic heterocycles. The van der Waals surface area contributed by atoms with Crippen LogP contribution in [0.1, 0.15) is 33.1 Å². The molecule has 1 saturated carbocycles. The Morgan fingerprint density at radius 3 is 2.60 bits per heavy atom. The molecule has 0 aromatic carbocycles. The van der Waals surface area contributed by atoms with Gasteiger partial charge in [0.25, 0.3) is 0 Å². The van der Waals surface area contributed by atoms with E-state index in [0.29, 0.717) is 11.6 Å².